The van der Waals surface area contributed by atoms with Crippen LogP contribution in [0.5, 0.6) is 0 Å². The van der Waals surface area contributed by atoms with Crippen LogP contribution in [0.2, 0.25) is 0 Å². The summed E-state index contributed by atoms with van der Waals surface area (Å²) in [5, 5.41) is 10.8. The molecule has 0 bridgehead atoms. The number of carbonyl (C=O) groups excluding carboxylic acids is 1. The van der Waals surface area contributed by atoms with Gasteiger partial charge < -0.3 is 5.32 Å². The van der Waals surface area contributed by atoms with E-state index in [2.05, 4.69) is 27.6 Å². The molecule has 0 aliphatic rings. The average Bonchev–Trinajstić information content (AvgIpc) is 2.95. The number of benzene rings is 2. The number of H-pyrrole nitrogens is 1. The number of hydrogen-bond acceptors (Lipinski definition) is 2. The predicted molar refractivity (Wildman–Crippen MR) is 78.6 cm³/mol. The van der Waals surface area contributed by atoms with Gasteiger partial charge in [-0.15, -0.1) is 0 Å². The minimum absolute atomic E-state index is 0.0579. The van der Waals surface area contributed by atoms with Gasteiger partial charge in [0.1, 0.15) is 0 Å². The monoisotopic (exact) mass is 265 g/mol. The Morgan fingerprint density at radius 2 is 2.00 bits per heavy atom. The highest BCUT2D eigenvalue weighted by Gasteiger charge is 2.06. The second kappa shape index (κ2) is 5.57. The molecule has 0 saturated carbocycles. The SMILES string of the molecule is O=C(NCCc1ccccc1)c1ccc2cn[nH]c2c1. The molecule has 0 atom stereocenters. The summed E-state index contributed by atoms with van der Waals surface area (Å²) in [4.78, 5) is 12.1. The van der Waals surface area contributed by atoms with Crippen LogP contribution in [0.3, 0.4) is 0 Å². The lowest BCUT2D eigenvalue weighted by Gasteiger charge is -2.05. The predicted octanol–water partition coefficient (Wildman–Crippen LogP) is 2.54. The number of amides is 1. The molecule has 1 heterocycles. The Morgan fingerprint density at radius 1 is 1.15 bits per heavy atom. The number of fused-ring (bicyclic) bond motifs is 1. The fourth-order valence-corrected chi connectivity index (χ4v) is 2.15. The topological polar surface area (TPSA) is 57.8 Å². The number of nitrogens with zero attached hydrogens (tertiary/aromatic N) is 1. The summed E-state index contributed by atoms with van der Waals surface area (Å²) < 4.78 is 0. The van der Waals surface area contributed by atoms with Gasteiger partial charge in [0.2, 0.25) is 0 Å². The van der Waals surface area contributed by atoms with Gasteiger partial charge in [0.05, 0.1) is 11.7 Å². The molecule has 0 spiro atoms. The summed E-state index contributed by atoms with van der Waals surface area (Å²) in [6.45, 7) is 0.629. The molecule has 3 aromatic rings. The second-order valence-corrected chi connectivity index (χ2v) is 4.66. The maximum atomic E-state index is 12.1. The van der Waals surface area contributed by atoms with Crippen LogP contribution in [0.4, 0.5) is 0 Å². The third kappa shape index (κ3) is 2.69. The van der Waals surface area contributed by atoms with Gasteiger partial charge in [0.25, 0.3) is 5.91 Å². The number of rotatable bonds is 4. The van der Waals surface area contributed by atoms with Crippen LogP contribution >= 0.6 is 0 Å². The number of hydrogen-bond donors (Lipinski definition) is 2. The lowest BCUT2D eigenvalue weighted by Crippen LogP contribution is -2.25. The van der Waals surface area contributed by atoms with Crippen molar-refractivity contribution in [3.8, 4) is 0 Å². The molecule has 100 valence electrons. The van der Waals surface area contributed by atoms with Gasteiger partial charge in [-0.3, -0.25) is 9.89 Å². The molecule has 0 aliphatic carbocycles. The lowest BCUT2D eigenvalue weighted by molar-refractivity contribution is 0.0954. The minimum atomic E-state index is -0.0579. The molecule has 1 amide bonds. The van der Waals surface area contributed by atoms with Crippen molar-refractivity contribution in [2.45, 2.75) is 6.42 Å². The van der Waals surface area contributed by atoms with Crippen LogP contribution in [-0.2, 0) is 6.42 Å². The summed E-state index contributed by atoms with van der Waals surface area (Å²) in [5.41, 5.74) is 2.74. The molecule has 20 heavy (non-hydrogen) atoms. The van der Waals surface area contributed by atoms with Crippen LogP contribution in [0, 0.1) is 0 Å². The summed E-state index contributed by atoms with van der Waals surface area (Å²) in [5.74, 6) is -0.0579. The Kier molecular flexibility index (Phi) is 3.46. The fourth-order valence-electron chi connectivity index (χ4n) is 2.15. The van der Waals surface area contributed by atoms with E-state index in [-0.39, 0.29) is 5.91 Å². The zero-order valence-corrected chi connectivity index (χ0v) is 11.0. The Bertz CT molecular complexity index is 719. The van der Waals surface area contributed by atoms with Crippen molar-refractivity contribution in [1.82, 2.24) is 15.5 Å². The van der Waals surface area contributed by atoms with Gasteiger partial charge in [-0.2, -0.15) is 5.10 Å². The van der Waals surface area contributed by atoms with Crippen molar-refractivity contribution in [2.24, 2.45) is 0 Å². The quantitative estimate of drug-likeness (QED) is 0.761. The standard InChI is InChI=1S/C16H15N3O/c20-16(17-9-8-12-4-2-1-3-5-12)13-6-7-14-11-18-19-15(14)10-13/h1-7,10-11H,8-9H2,(H,17,20)(H,18,19). The van der Waals surface area contributed by atoms with Gasteiger partial charge in [-0.05, 0) is 24.1 Å². The van der Waals surface area contributed by atoms with Gasteiger partial charge in [-0.25, -0.2) is 0 Å². The van der Waals surface area contributed by atoms with Crippen LogP contribution in [0.15, 0.2) is 54.7 Å². The molecule has 2 N–H and O–H groups in total. The Labute approximate surface area is 116 Å². The van der Waals surface area contributed by atoms with Gasteiger partial charge in [0.15, 0.2) is 0 Å². The molecule has 2 aromatic carbocycles. The minimum Gasteiger partial charge on any atom is -0.352 e. The Morgan fingerprint density at radius 3 is 2.85 bits per heavy atom. The van der Waals surface area contributed by atoms with E-state index < -0.39 is 0 Å². The van der Waals surface area contributed by atoms with E-state index in [0.29, 0.717) is 12.1 Å². The van der Waals surface area contributed by atoms with Crippen molar-refractivity contribution < 1.29 is 4.79 Å². The van der Waals surface area contributed by atoms with Crippen LogP contribution in [0.1, 0.15) is 15.9 Å². The highest BCUT2D eigenvalue weighted by atomic mass is 16.1. The molecular weight excluding hydrogens is 250 g/mol. The summed E-state index contributed by atoms with van der Waals surface area (Å²) >= 11 is 0. The first-order valence-electron chi connectivity index (χ1n) is 6.58. The highest BCUT2D eigenvalue weighted by molar-refractivity contribution is 5.97. The van der Waals surface area contributed by atoms with Crippen molar-refractivity contribution in [3.05, 3.63) is 65.9 Å². The summed E-state index contributed by atoms with van der Waals surface area (Å²) in [6, 6.07) is 15.6. The molecular formula is C16H15N3O. The molecule has 0 fully saturated rings. The van der Waals surface area contributed by atoms with Gasteiger partial charge >= 0.3 is 0 Å². The third-order valence-corrected chi connectivity index (χ3v) is 3.25. The van der Waals surface area contributed by atoms with Gasteiger partial charge in [0, 0.05) is 17.5 Å². The largest absolute Gasteiger partial charge is 0.352 e. The Hall–Kier alpha value is -2.62. The molecule has 3 rings (SSSR count). The van der Waals surface area contributed by atoms with E-state index in [1.165, 1.54) is 5.56 Å². The van der Waals surface area contributed by atoms with E-state index in [1.807, 2.05) is 36.4 Å². The summed E-state index contributed by atoms with van der Waals surface area (Å²) in [7, 11) is 0. The molecule has 1 aromatic heterocycles. The van der Waals surface area contributed by atoms with Gasteiger partial charge in [-0.1, -0.05) is 36.4 Å². The zero-order chi connectivity index (χ0) is 13.8. The first-order chi connectivity index (χ1) is 9.83. The maximum absolute atomic E-state index is 12.1. The molecule has 4 heteroatoms. The molecule has 0 aliphatic heterocycles. The molecule has 4 nitrogen and oxygen atoms in total. The lowest BCUT2D eigenvalue weighted by atomic mass is 10.1. The Balaban J connectivity index is 1.61. The van der Waals surface area contributed by atoms with Crippen molar-refractivity contribution >= 4 is 16.8 Å². The van der Waals surface area contributed by atoms with Crippen LogP contribution in [0.25, 0.3) is 10.9 Å². The number of carbonyl (C=O) groups is 1. The zero-order valence-electron chi connectivity index (χ0n) is 11.0. The molecule has 0 saturated heterocycles. The normalized spacial score (nSPS) is 10.6. The first-order valence-corrected chi connectivity index (χ1v) is 6.58. The third-order valence-electron chi connectivity index (χ3n) is 3.25. The van der Waals surface area contributed by atoms with E-state index in [0.717, 1.165) is 17.3 Å². The van der Waals surface area contributed by atoms with E-state index in [9.17, 15) is 4.79 Å². The fraction of sp³-hybridized carbons (Fsp3) is 0.125. The van der Waals surface area contributed by atoms with Crippen molar-refractivity contribution in [3.63, 3.8) is 0 Å². The van der Waals surface area contributed by atoms with Crippen LogP contribution < -0.4 is 5.32 Å². The smallest absolute Gasteiger partial charge is 0.251 e. The van der Waals surface area contributed by atoms with E-state index >= 15 is 0 Å². The van der Waals surface area contributed by atoms with Crippen molar-refractivity contribution in [2.75, 3.05) is 6.54 Å². The van der Waals surface area contributed by atoms with E-state index in [1.54, 1.807) is 6.20 Å². The number of aromatic amines is 1. The number of aromatic nitrogens is 2. The highest BCUT2D eigenvalue weighted by Crippen LogP contribution is 2.12. The second-order valence-electron chi connectivity index (χ2n) is 4.66. The van der Waals surface area contributed by atoms with Crippen molar-refractivity contribution in [1.29, 1.82) is 0 Å². The molecule has 0 radical (unpaired) electrons. The van der Waals surface area contributed by atoms with E-state index in [4.69, 9.17) is 0 Å². The summed E-state index contributed by atoms with van der Waals surface area (Å²) in [6.07, 6.45) is 2.57. The first kappa shape index (κ1) is 12.4. The average molecular weight is 265 g/mol. The number of nitrogens with one attached hydrogen (secondary N) is 2. The molecule has 0 unspecified atom stereocenters. The van der Waals surface area contributed by atoms with Crippen LogP contribution in [-0.4, -0.2) is 22.6 Å². The maximum Gasteiger partial charge on any atom is 0.251 e.